The fraction of sp³-hybridized carbons (Fsp3) is 0.250. The normalized spacial score (nSPS) is 15.5. The molecule has 2 amide bonds. The van der Waals surface area contributed by atoms with Gasteiger partial charge < -0.3 is 24.5 Å². The van der Waals surface area contributed by atoms with Crippen LogP contribution in [0.5, 0.6) is 5.75 Å². The summed E-state index contributed by atoms with van der Waals surface area (Å²) in [6.45, 7) is 3.94. The summed E-state index contributed by atoms with van der Waals surface area (Å²) >= 11 is 1.22. The van der Waals surface area contributed by atoms with Crippen LogP contribution in [0.4, 0.5) is 4.79 Å². The first-order valence-corrected chi connectivity index (χ1v) is 11.6. The number of nitrogens with one attached hydrogen (secondary N) is 2. The molecule has 3 aromatic rings. The molecule has 1 aliphatic rings. The van der Waals surface area contributed by atoms with Crippen LogP contribution in [0.15, 0.2) is 69.4 Å². The molecular formula is C24H24N4O5S. The Kier molecular flexibility index (Phi) is 7.17. The van der Waals surface area contributed by atoms with E-state index in [4.69, 9.17) is 13.9 Å². The number of carbonyl (C=O) groups is 2. The molecule has 0 radical (unpaired) electrons. The van der Waals surface area contributed by atoms with Crippen molar-refractivity contribution >= 4 is 23.8 Å². The van der Waals surface area contributed by atoms with E-state index in [0.29, 0.717) is 28.1 Å². The Morgan fingerprint density at radius 3 is 2.53 bits per heavy atom. The molecule has 0 spiro atoms. The highest BCUT2D eigenvalue weighted by Crippen LogP contribution is 2.32. The Morgan fingerprint density at radius 1 is 1.12 bits per heavy atom. The van der Waals surface area contributed by atoms with Gasteiger partial charge in [-0.2, -0.15) is 0 Å². The van der Waals surface area contributed by atoms with Gasteiger partial charge in [-0.05, 0) is 43.7 Å². The summed E-state index contributed by atoms with van der Waals surface area (Å²) in [6, 6.07) is 13.8. The van der Waals surface area contributed by atoms with Crippen LogP contribution in [0.1, 0.15) is 24.1 Å². The second kappa shape index (κ2) is 10.4. The highest BCUT2D eigenvalue weighted by atomic mass is 32.2. The van der Waals surface area contributed by atoms with Gasteiger partial charge in [-0.25, -0.2) is 9.59 Å². The monoisotopic (exact) mass is 480 g/mol. The van der Waals surface area contributed by atoms with Gasteiger partial charge >= 0.3 is 12.0 Å². The summed E-state index contributed by atoms with van der Waals surface area (Å²) in [5.74, 6) is 0.774. The highest BCUT2D eigenvalue weighted by Gasteiger charge is 2.34. The van der Waals surface area contributed by atoms with Crippen LogP contribution >= 0.6 is 11.8 Å². The molecule has 1 aromatic heterocycles. The van der Waals surface area contributed by atoms with Crippen LogP contribution in [0.3, 0.4) is 0 Å². The van der Waals surface area contributed by atoms with Gasteiger partial charge in [-0.15, -0.1) is 10.2 Å². The number of aryl methyl sites for hydroxylation is 1. The minimum absolute atomic E-state index is 0.204. The van der Waals surface area contributed by atoms with Crippen molar-refractivity contribution in [3.05, 3.63) is 70.9 Å². The summed E-state index contributed by atoms with van der Waals surface area (Å²) in [4.78, 5) is 25.3. The zero-order valence-corrected chi connectivity index (χ0v) is 19.8. The summed E-state index contributed by atoms with van der Waals surface area (Å²) in [6.07, 6.45) is 0. The third kappa shape index (κ3) is 5.23. The lowest BCUT2D eigenvalue weighted by atomic mass is 9.95. The van der Waals surface area contributed by atoms with E-state index in [1.807, 2.05) is 31.2 Å². The minimum Gasteiger partial charge on any atom is -0.497 e. The van der Waals surface area contributed by atoms with Gasteiger partial charge in [0.25, 0.3) is 5.22 Å². The Balaban J connectivity index is 1.60. The van der Waals surface area contributed by atoms with Crippen LogP contribution in [0.25, 0.3) is 11.5 Å². The molecule has 1 aliphatic heterocycles. The number of hydrogen-bond donors (Lipinski definition) is 2. The van der Waals surface area contributed by atoms with Crippen molar-refractivity contribution in [3.63, 3.8) is 0 Å². The number of hydrogen-bond acceptors (Lipinski definition) is 8. The number of ether oxygens (including phenoxy) is 2. The Hall–Kier alpha value is -3.79. The van der Waals surface area contributed by atoms with E-state index in [1.165, 1.54) is 11.8 Å². The molecule has 9 nitrogen and oxygen atoms in total. The Morgan fingerprint density at radius 2 is 1.85 bits per heavy atom. The van der Waals surface area contributed by atoms with Crippen molar-refractivity contribution in [2.75, 3.05) is 19.5 Å². The predicted octanol–water partition coefficient (Wildman–Crippen LogP) is 4.02. The molecule has 176 valence electrons. The first kappa shape index (κ1) is 23.4. The van der Waals surface area contributed by atoms with Crippen molar-refractivity contribution in [3.8, 4) is 17.2 Å². The van der Waals surface area contributed by atoms with Gasteiger partial charge in [0.15, 0.2) is 0 Å². The van der Waals surface area contributed by atoms with Gasteiger partial charge in [0, 0.05) is 17.0 Å². The van der Waals surface area contributed by atoms with Crippen molar-refractivity contribution < 1.29 is 23.5 Å². The quantitative estimate of drug-likeness (QED) is 0.367. The van der Waals surface area contributed by atoms with Crippen molar-refractivity contribution in [2.24, 2.45) is 0 Å². The Bertz CT molecular complexity index is 1200. The summed E-state index contributed by atoms with van der Waals surface area (Å²) in [5.41, 5.74) is 3.40. The average Bonchev–Trinajstić information content (AvgIpc) is 3.32. The minimum atomic E-state index is -0.680. The molecule has 0 fully saturated rings. The summed E-state index contributed by atoms with van der Waals surface area (Å²) in [7, 11) is 1.57. The first-order chi connectivity index (χ1) is 16.5. The summed E-state index contributed by atoms with van der Waals surface area (Å²) < 4.78 is 16.3. The van der Waals surface area contributed by atoms with Crippen molar-refractivity contribution in [2.45, 2.75) is 25.1 Å². The van der Waals surface area contributed by atoms with Crippen LogP contribution in [-0.4, -0.2) is 41.7 Å². The Labute approximate surface area is 200 Å². The lowest BCUT2D eigenvalue weighted by Gasteiger charge is -2.29. The van der Waals surface area contributed by atoms with Gasteiger partial charge in [0.1, 0.15) is 5.75 Å². The van der Waals surface area contributed by atoms with Gasteiger partial charge in [0.05, 0.1) is 25.3 Å². The zero-order chi connectivity index (χ0) is 24.1. The van der Waals surface area contributed by atoms with E-state index in [1.54, 1.807) is 38.3 Å². The molecule has 1 unspecified atom stereocenters. The van der Waals surface area contributed by atoms with E-state index >= 15 is 0 Å². The number of nitrogens with zero attached hydrogens (tertiary/aromatic N) is 2. The van der Waals surface area contributed by atoms with Crippen LogP contribution in [0.2, 0.25) is 0 Å². The fourth-order valence-corrected chi connectivity index (χ4v) is 4.17. The van der Waals surface area contributed by atoms with E-state index < -0.39 is 18.0 Å². The number of benzene rings is 2. The van der Waals surface area contributed by atoms with Gasteiger partial charge in [-0.3, -0.25) is 0 Å². The zero-order valence-electron chi connectivity index (χ0n) is 19.0. The topological polar surface area (TPSA) is 116 Å². The molecule has 0 saturated carbocycles. The number of amides is 2. The molecule has 4 rings (SSSR count). The first-order valence-electron chi connectivity index (χ1n) is 10.6. The number of carbonyl (C=O) groups excluding carboxylic acids is 2. The van der Waals surface area contributed by atoms with Crippen LogP contribution in [0, 0.1) is 6.92 Å². The lowest BCUT2D eigenvalue weighted by molar-refractivity contribution is -0.139. The van der Waals surface area contributed by atoms with Crippen LogP contribution < -0.4 is 15.4 Å². The molecule has 1 atom stereocenters. The van der Waals surface area contributed by atoms with Crippen molar-refractivity contribution in [1.29, 1.82) is 0 Å². The molecule has 0 bridgehead atoms. The largest absolute Gasteiger partial charge is 0.497 e. The third-order valence-corrected chi connectivity index (χ3v) is 5.99. The van der Waals surface area contributed by atoms with E-state index in [9.17, 15) is 9.59 Å². The third-order valence-electron chi connectivity index (χ3n) is 5.14. The molecular weight excluding hydrogens is 456 g/mol. The second-order valence-corrected chi connectivity index (χ2v) is 8.37. The van der Waals surface area contributed by atoms with E-state index in [-0.39, 0.29) is 12.4 Å². The molecule has 2 N–H and O–H groups in total. The summed E-state index contributed by atoms with van der Waals surface area (Å²) in [5, 5.41) is 14.1. The maximum Gasteiger partial charge on any atom is 0.338 e. The van der Waals surface area contributed by atoms with E-state index in [0.717, 1.165) is 16.7 Å². The fourth-order valence-electron chi connectivity index (χ4n) is 3.44. The number of urea groups is 1. The van der Waals surface area contributed by atoms with Gasteiger partial charge in [-0.1, -0.05) is 41.6 Å². The molecule has 34 heavy (non-hydrogen) atoms. The number of esters is 1. The number of thioether (sulfide) groups is 1. The molecule has 2 aromatic carbocycles. The van der Waals surface area contributed by atoms with Crippen LogP contribution in [-0.2, 0) is 9.53 Å². The molecule has 0 aliphatic carbocycles. The number of rotatable bonds is 8. The standard InChI is InChI=1S/C24H24N4O5S/c1-4-32-22(29)19-18(25-23(30)26-20(19)15-9-11-17(31-3)12-10-15)13-34-24-28-27-21(33-24)16-7-5-14(2)6-8-16/h5-12,20H,4,13H2,1-3H3,(H2,25,26,30). The molecule has 10 heteroatoms. The SMILES string of the molecule is CCOC(=O)C1=C(CSc2nnc(-c3ccc(C)cc3)o2)NC(=O)NC1c1ccc(OC)cc1. The highest BCUT2D eigenvalue weighted by molar-refractivity contribution is 7.99. The lowest BCUT2D eigenvalue weighted by Crippen LogP contribution is -2.46. The maximum atomic E-state index is 12.9. The predicted molar refractivity (Wildman–Crippen MR) is 126 cm³/mol. The number of methoxy groups -OCH3 is 1. The second-order valence-electron chi connectivity index (χ2n) is 7.45. The van der Waals surface area contributed by atoms with E-state index in [2.05, 4.69) is 20.8 Å². The molecule has 0 saturated heterocycles. The average molecular weight is 481 g/mol. The number of aromatic nitrogens is 2. The maximum absolute atomic E-state index is 12.9. The molecule has 2 heterocycles. The van der Waals surface area contributed by atoms with Crippen molar-refractivity contribution in [1.82, 2.24) is 20.8 Å². The van der Waals surface area contributed by atoms with Gasteiger partial charge in [0.2, 0.25) is 5.89 Å². The smallest absolute Gasteiger partial charge is 0.338 e.